The van der Waals surface area contributed by atoms with Gasteiger partial charge in [0.05, 0.1) is 0 Å². The van der Waals surface area contributed by atoms with Crippen LogP contribution in [0.2, 0.25) is 0 Å². The van der Waals surface area contributed by atoms with E-state index < -0.39 is 36.2 Å². The molecule has 0 fully saturated rings. The predicted octanol–water partition coefficient (Wildman–Crippen LogP) is 2.97. The van der Waals surface area contributed by atoms with Gasteiger partial charge in [-0.2, -0.15) is 35.1 Å². The Morgan fingerprint density at radius 3 is 1.83 bits per heavy atom. The maximum atomic E-state index is 12.9. The summed E-state index contributed by atoms with van der Waals surface area (Å²) >= 11 is 0. The van der Waals surface area contributed by atoms with Gasteiger partial charge in [0.15, 0.2) is 11.4 Å². The van der Waals surface area contributed by atoms with Crippen molar-refractivity contribution in [1.29, 1.82) is 0 Å². The highest BCUT2D eigenvalue weighted by molar-refractivity contribution is 5.21. The Balaban J connectivity index is 3.48. The van der Waals surface area contributed by atoms with E-state index in [1.807, 2.05) is 0 Å². The molecule has 0 unspecified atom stereocenters. The first-order chi connectivity index (χ1) is 7.93. The van der Waals surface area contributed by atoms with Gasteiger partial charge in [0, 0.05) is 6.54 Å². The molecule has 3 nitrogen and oxygen atoms in total. The average molecular weight is 283 g/mol. The zero-order valence-corrected chi connectivity index (χ0v) is 8.57. The summed E-state index contributed by atoms with van der Waals surface area (Å²) in [6.07, 6.45) is -11.6. The second-order valence-electron chi connectivity index (χ2n) is 3.17. The minimum Gasteiger partial charge on any atom is -0.240 e. The Morgan fingerprint density at radius 1 is 1.00 bits per heavy atom. The normalized spacial score (nSPS) is 14.1. The van der Waals surface area contributed by atoms with Gasteiger partial charge in [-0.05, 0) is 6.92 Å². The Bertz CT molecular complexity index is 429. The largest absolute Gasteiger partial charge is 0.459 e. The van der Waals surface area contributed by atoms with Gasteiger partial charge in [0.25, 0.3) is 0 Å². The summed E-state index contributed by atoms with van der Waals surface area (Å²) in [5.41, 5.74) is -4.64. The molecular weight excluding hydrogens is 278 g/mol. The fourth-order valence-corrected chi connectivity index (χ4v) is 1.16. The molecule has 1 aromatic heterocycles. The fourth-order valence-electron chi connectivity index (χ4n) is 1.16. The topological polar surface area (TPSA) is 30.7 Å². The van der Waals surface area contributed by atoms with E-state index in [9.17, 15) is 35.1 Å². The van der Waals surface area contributed by atoms with Crippen molar-refractivity contribution in [3.05, 3.63) is 11.4 Å². The summed E-state index contributed by atoms with van der Waals surface area (Å²) in [7, 11) is 0. The lowest BCUT2D eigenvalue weighted by Gasteiger charge is -2.19. The minimum atomic E-state index is -6.18. The minimum absolute atomic E-state index is 0.0605. The first-order valence-corrected chi connectivity index (χ1v) is 4.38. The number of aryl methyl sites for hydroxylation is 1. The highest BCUT2D eigenvalue weighted by Crippen LogP contribution is 2.47. The third kappa shape index (κ3) is 2.25. The van der Waals surface area contributed by atoms with Gasteiger partial charge in [0.1, 0.15) is 0 Å². The van der Waals surface area contributed by atoms with Crippen molar-refractivity contribution < 1.29 is 35.1 Å². The van der Waals surface area contributed by atoms with Crippen LogP contribution in [-0.4, -0.2) is 21.2 Å². The fraction of sp³-hybridized carbons (Fsp3) is 0.714. The third-order valence-electron chi connectivity index (χ3n) is 1.96. The lowest BCUT2D eigenvalue weighted by atomic mass is 10.1. The van der Waals surface area contributed by atoms with Crippen LogP contribution in [0, 0.1) is 0 Å². The zero-order chi connectivity index (χ0) is 14.4. The van der Waals surface area contributed by atoms with Gasteiger partial charge in [-0.3, -0.25) is 0 Å². The van der Waals surface area contributed by atoms with E-state index >= 15 is 0 Å². The molecule has 11 heteroatoms. The third-order valence-corrected chi connectivity index (χ3v) is 1.96. The van der Waals surface area contributed by atoms with Crippen LogP contribution in [0.15, 0.2) is 0 Å². The molecule has 0 aliphatic heterocycles. The molecule has 0 radical (unpaired) electrons. The second kappa shape index (κ2) is 4.05. The van der Waals surface area contributed by atoms with E-state index in [4.69, 9.17) is 0 Å². The zero-order valence-electron chi connectivity index (χ0n) is 8.57. The van der Waals surface area contributed by atoms with Gasteiger partial charge in [-0.1, -0.05) is 5.21 Å². The number of hydrogen-bond donors (Lipinski definition) is 0. The van der Waals surface area contributed by atoms with Crippen molar-refractivity contribution in [2.75, 3.05) is 0 Å². The molecule has 1 aromatic rings. The maximum Gasteiger partial charge on any atom is 0.459 e. The quantitative estimate of drug-likeness (QED) is 0.781. The van der Waals surface area contributed by atoms with E-state index in [1.165, 1.54) is 0 Å². The number of alkyl halides is 8. The molecule has 0 saturated carbocycles. The van der Waals surface area contributed by atoms with Crippen LogP contribution in [0.4, 0.5) is 35.1 Å². The standard InChI is InChI=1S/C7H5F8N3/c1-2-18-4(6(10,11)12)3(16-17-18)5(8,9)7(13,14)15/h2H2,1H3. The Kier molecular flexibility index (Phi) is 3.30. The number of aromatic nitrogens is 3. The number of nitrogens with zero attached hydrogens (tertiary/aromatic N) is 3. The van der Waals surface area contributed by atoms with Crippen LogP contribution in [0.25, 0.3) is 0 Å². The number of hydrogen-bond acceptors (Lipinski definition) is 2. The summed E-state index contributed by atoms with van der Waals surface area (Å²) in [6.45, 7) is 0.551. The molecule has 104 valence electrons. The molecule has 18 heavy (non-hydrogen) atoms. The molecule has 0 aromatic carbocycles. The van der Waals surface area contributed by atoms with E-state index in [-0.39, 0.29) is 4.68 Å². The molecule has 1 heterocycles. The highest BCUT2D eigenvalue weighted by Gasteiger charge is 2.64. The predicted molar refractivity (Wildman–Crippen MR) is 40.6 cm³/mol. The molecule has 0 aliphatic carbocycles. The van der Waals surface area contributed by atoms with Crippen LogP contribution in [0.3, 0.4) is 0 Å². The van der Waals surface area contributed by atoms with Gasteiger partial charge in [-0.15, -0.1) is 5.10 Å². The van der Waals surface area contributed by atoms with Crippen LogP contribution in [0.1, 0.15) is 18.3 Å². The lowest BCUT2D eigenvalue weighted by Crippen LogP contribution is -2.36. The molecule has 0 spiro atoms. The van der Waals surface area contributed by atoms with Crippen molar-refractivity contribution >= 4 is 0 Å². The molecule has 0 aliphatic rings. The van der Waals surface area contributed by atoms with Crippen molar-refractivity contribution in [1.82, 2.24) is 15.0 Å². The van der Waals surface area contributed by atoms with Crippen molar-refractivity contribution in [2.24, 2.45) is 0 Å². The SMILES string of the molecule is CCn1nnc(C(F)(F)C(F)(F)F)c1C(F)(F)F. The van der Waals surface area contributed by atoms with E-state index in [2.05, 4.69) is 10.3 Å². The molecule has 0 atom stereocenters. The number of halogens is 8. The molecule has 0 amide bonds. The first kappa shape index (κ1) is 14.6. The molecule has 1 rings (SSSR count). The summed E-state index contributed by atoms with van der Waals surface area (Å²) in [6, 6.07) is 0. The van der Waals surface area contributed by atoms with Crippen molar-refractivity contribution in [3.8, 4) is 0 Å². The van der Waals surface area contributed by atoms with Crippen LogP contribution < -0.4 is 0 Å². The van der Waals surface area contributed by atoms with Crippen LogP contribution in [0.5, 0.6) is 0 Å². The molecule has 0 N–H and O–H groups in total. The average Bonchev–Trinajstić information content (AvgIpc) is 2.58. The monoisotopic (exact) mass is 283 g/mol. The summed E-state index contributed by atoms with van der Waals surface area (Å²) < 4.78 is 99.0. The van der Waals surface area contributed by atoms with E-state index in [1.54, 1.807) is 0 Å². The Morgan fingerprint density at radius 2 is 1.50 bits per heavy atom. The van der Waals surface area contributed by atoms with E-state index in [0.717, 1.165) is 6.92 Å². The van der Waals surface area contributed by atoms with Crippen LogP contribution >= 0.6 is 0 Å². The van der Waals surface area contributed by atoms with Gasteiger partial charge in [-0.25, -0.2) is 4.68 Å². The molecule has 0 saturated heterocycles. The highest BCUT2D eigenvalue weighted by atomic mass is 19.4. The first-order valence-electron chi connectivity index (χ1n) is 4.38. The van der Waals surface area contributed by atoms with Gasteiger partial charge < -0.3 is 0 Å². The van der Waals surface area contributed by atoms with Gasteiger partial charge >= 0.3 is 18.3 Å². The Labute approximate surface area is 94.4 Å². The lowest BCUT2D eigenvalue weighted by molar-refractivity contribution is -0.292. The Hall–Kier alpha value is -1.42. The maximum absolute atomic E-state index is 12.9. The van der Waals surface area contributed by atoms with Crippen LogP contribution in [-0.2, 0) is 18.6 Å². The second-order valence-corrected chi connectivity index (χ2v) is 3.17. The van der Waals surface area contributed by atoms with Crippen molar-refractivity contribution in [2.45, 2.75) is 31.7 Å². The summed E-state index contributed by atoms with van der Waals surface area (Å²) in [5.74, 6) is -5.72. The molecular formula is C7H5F8N3. The smallest absolute Gasteiger partial charge is 0.240 e. The summed E-state index contributed by atoms with van der Waals surface area (Å²) in [5, 5.41) is 4.96. The van der Waals surface area contributed by atoms with E-state index in [0.29, 0.717) is 0 Å². The summed E-state index contributed by atoms with van der Waals surface area (Å²) in [4.78, 5) is 0. The van der Waals surface area contributed by atoms with Gasteiger partial charge in [0.2, 0.25) is 0 Å². The molecule has 0 bridgehead atoms. The number of rotatable bonds is 2. The van der Waals surface area contributed by atoms with Crippen molar-refractivity contribution in [3.63, 3.8) is 0 Å².